The molecule has 3 aliphatic heterocycles. The Bertz CT molecular complexity index is 1600. The van der Waals surface area contributed by atoms with Crippen LogP contribution in [0.3, 0.4) is 0 Å². The van der Waals surface area contributed by atoms with Crippen molar-refractivity contribution < 1.29 is 4.39 Å². The molecule has 1 aromatic carbocycles. The van der Waals surface area contributed by atoms with Crippen molar-refractivity contribution in [3.05, 3.63) is 93.8 Å². The molecule has 0 saturated carbocycles. The van der Waals surface area contributed by atoms with Crippen molar-refractivity contribution in [2.75, 3.05) is 19.6 Å². The van der Waals surface area contributed by atoms with Gasteiger partial charge in [-0.25, -0.2) is 9.37 Å². The summed E-state index contributed by atoms with van der Waals surface area (Å²) in [6, 6.07) is 2.04. The number of rotatable bonds is 7. The van der Waals surface area contributed by atoms with Gasteiger partial charge in [-0.1, -0.05) is 39.2 Å². The number of halogens is 1. The first-order valence-corrected chi connectivity index (χ1v) is 16.7. The minimum absolute atomic E-state index is 0.129. The fourth-order valence-electron chi connectivity index (χ4n) is 8.73. The molecule has 2 aromatic rings. The molecule has 0 amide bonds. The topological polar surface area (TPSA) is 31.4 Å². The first-order chi connectivity index (χ1) is 20.8. The second-order valence-electron chi connectivity index (χ2n) is 13.5. The van der Waals surface area contributed by atoms with Gasteiger partial charge in [-0.15, -0.1) is 0 Å². The Hall–Kier alpha value is -3.18. The van der Waals surface area contributed by atoms with E-state index in [0.717, 1.165) is 104 Å². The van der Waals surface area contributed by atoms with Crippen molar-refractivity contribution in [1.29, 1.82) is 0 Å². The maximum absolute atomic E-state index is 15.3. The molecule has 43 heavy (non-hydrogen) atoms. The molecule has 2 atom stereocenters. The van der Waals surface area contributed by atoms with Crippen LogP contribution in [0.5, 0.6) is 0 Å². The predicted molar refractivity (Wildman–Crippen MR) is 176 cm³/mol. The second-order valence-corrected chi connectivity index (χ2v) is 13.5. The number of pyridine rings is 1. The fourth-order valence-corrected chi connectivity index (χ4v) is 8.73. The summed E-state index contributed by atoms with van der Waals surface area (Å²) in [5.41, 5.74) is 14.1. The average molecular weight is 579 g/mol. The van der Waals surface area contributed by atoms with Gasteiger partial charge in [0.2, 0.25) is 0 Å². The number of hydrogen-bond acceptors (Lipinski definition) is 4. The highest BCUT2D eigenvalue weighted by Crippen LogP contribution is 2.52. The lowest BCUT2D eigenvalue weighted by Gasteiger charge is -2.41. The quantitative estimate of drug-likeness (QED) is 0.333. The number of benzene rings is 1. The Kier molecular flexibility index (Phi) is 7.36. The second kappa shape index (κ2) is 11.1. The number of nitrogens with one attached hydrogen (secondary N) is 1. The van der Waals surface area contributed by atoms with E-state index < -0.39 is 0 Å². The third-order valence-electron chi connectivity index (χ3n) is 11.3. The highest BCUT2D eigenvalue weighted by Gasteiger charge is 2.41. The molecular weight excluding hydrogens is 531 g/mol. The van der Waals surface area contributed by atoms with Crippen LogP contribution in [0.2, 0.25) is 0 Å². The first kappa shape index (κ1) is 28.6. The van der Waals surface area contributed by atoms with Crippen LogP contribution in [0.4, 0.5) is 4.39 Å². The molecule has 1 N–H and O–H groups in total. The van der Waals surface area contributed by atoms with E-state index >= 15 is 4.39 Å². The predicted octanol–water partition coefficient (Wildman–Crippen LogP) is 8.64. The van der Waals surface area contributed by atoms with Crippen LogP contribution < -0.4 is 5.32 Å². The lowest BCUT2D eigenvalue weighted by atomic mass is 9.75. The number of allylic oxidation sites excluding steroid dienone is 5. The number of likely N-dealkylation sites (tertiary alicyclic amines) is 1. The third kappa shape index (κ3) is 4.61. The van der Waals surface area contributed by atoms with E-state index in [-0.39, 0.29) is 5.82 Å². The largest absolute Gasteiger partial charge is 0.389 e. The Morgan fingerprint density at radius 2 is 1.88 bits per heavy atom. The highest BCUT2D eigenvalue weighted by atomic mass is 19.1. The first-order valence-electron chi connectivity index (χ1n) is 16.7. The molecule has 5 heteroatoms. The number of aryl methyl sites for hydroxylation is 1. The monoisotopic (exact) mass is 578 g/mol. The van der Waals surface area contributed by atoms with E-state index in [4.69, 9.17) is 4.98 Å². The molecule has 4 nitrogen and oxygen atoms in total. The van der Waals surface area contributed by atoms with E-state index in [9.17, 15) is 0 Å². The van der Waals surface area contributed by atoms with E-state index in [0.29, 0.717) is 12.0 Å². The smallest absolute Gasteiger partial charge is 0.128 e. The van der Waals surface area contributed by atoms with Gasteiger partial charge < -0.3 is 10.2 Å². The van der Waals surface area contributed by atoms with Crippen LogP contribution >= 0.6 is 0 Å². The van der Waals surface area contributed by atoms with E-state index in [1.807, 2.05) is 6.92 Å². The maximum atomic E-state index is 15.3. The summed E-state index contributed by atoms with van der Waals surface area (Å²) >= 11 is 0. The van der Waals surface area contributed by atoms with Crippen LogP contribution in [0.25, 0.3) is 16.6 Å². The van der Waals surface area contributed by atoms with Gasteiger partial charge in [0.25, 0.3) is 0 Å². The lowest BCUT2D eigenvalue weighted by molar-refractivity contribution is 0.122. The number of piperidine rings is 1. The Labute approximate surface area is 257 Å². The summed E-state index contributed by atoms with van der Waals surface area (Å²) < 4.78 is 15.3. The molecule has 2 aliphatic carbocycles. The molecule has 7 rings (SSSR count). The number of nitrogens with zero attached hydrogens (tertiary/aromatic N) is 3. The van der Waals surface area contributed by atoms with Gasteiger partial charge >= 0.3 is 0 Å². The summed E-state index contributed by atoms with van der Waals surface area (Å²) in [4.78, 5) is 10.4. The van der Waals surface area contributed by atoms with Crippen LogP contribution in [0, 0.1) is 24.6 Å². The molecule has 2 unspecified atom stereocenters. The van der Waals surface area contributed by atoms with Gasteiger partial charge in [0.15, 0.2) is 0 Å². The fraction of sp³-hybridized carbons (Fsp3) is 0.500. The Morgan fingerprint density at radius 1 is 1.09 bits per heavy atom. The zero-order chi connectivity index (χ0) is 30.0. The molecular formula is C38H47FN4. The summed E-state index contributed by atoms with van der Waals surface area (Å²) in [6.07, 6.45) is 12.1. The Morgan fingerprint density at radius 3 is 2.63 bits per heavy atom. The average Bonchev–Trinajstić information content (AvgIpc) is 3.38. The molecule has 0 bridgehead atoms. The van der Waals surface area contributed by atoms with Gasteiger partial charge in [-0.3, -0.25) is 4.90 Å². The number of aromatic nitrogens is 1. The van der Waals surface area contributed by atoms with E-state index in [1.54, 1.807) is 6.07 Å². The third-order valence-corrected chi connectivity index (χ3v) is 11.3. The molecule has 226 valence electrons. The normalized spacial score (nSPS) is 23.8. The summed E-state index contributed by atoms with van der Waals surface area (Å²) in [7, 11) is 0. The van der Waals surface area contributed by atoms with Gasteiger partial charge in [0, 0.05) is 46.9 Å². The molecule has 1 aromatic heterocycles. The van der Waals surface area contributed by atoms with Crippen molar-refractivity contribution in [3.63, 3.8) is 0 Å². The molecule has 1 saturated heterocycles. The van der Waals surface area contributed by atoms with Crippen LogP contribution in [0.1, 0.15) is 99.2 Å². The Balaban J connectivity index is 1.27. The minimum atomic E-state index is -0.129. The number of fused-ring (bicyclic) bond motifs is 4. The molecule has 0 spiro atoms. The molecule has 1 fully saturated rings. The van der Waals surface area contributed by atoms with Gasteiger partial charge in [-0.2, -0.15) is 0 Å². The van der Waals surface area contributed by atoms with Crippen molar-refractivity contribution >= 4 is 16.6 Å². The van der Waals surface area contributed by atoms with Crippen LogP contribution in [-0.4, -0.2) is 34.4 Å². The standard InChI is InChI=1S/C38H47FN4/c1-7-23(4)40-16-13-26-14-17-42(18-15-26)34-12-11-28-24(5)32(39)20-33-36(28)37(34)31-21-43-25(6)29-10-9-22(3)27(8-2)30(29)19-35(43)38(31)41-33/h19-20,26-27,34,40H,3-4,6-18,21H2,1-2,5H3. The van der Waals surface area contributed by atoms with Crippen molar-refractivity contribution in [3.8, 4) is 0 Å². The minimum Gasteiger partial charge on any atom is -0.389 e. The summed E-state index contributed by atoms with van der Waals surface area (Å²) in [5.74, 6) is 0.995. The summed E-state index contributed by atoms with van der Waals surface area (Å²) in [5, 5.41) is 4.72. The molecule has 5 aliphatic rings. The van der Waals surface area contributed by atoms with Crippen molar-refractivity contribution in [2.24, 2.45) is 11.8 Å². The van der Waals surface area contributed by atoms with Gasteiger partial charge in [-0.05, 0) is 118 Å². The zero-order valence-corrected chi connectivity index (χ0v) is 26.4. The molecule has 4 heterocycles. The highest BCUT2D eigenvalue weighted by molar-refractivity contribution is 5.93. The summed E-state index contributed by atoms with van der Waals surface area (Å²) in [6.45, 7) is 23.6. The van der Waals surface area contributed by atoms with Crippen LogP contribution in [0.15, 0.2) is 60.0 Å². The zero-order valence-electron chi connectivity index (χ0n) is 26.4. The van der Waals surface area contributed by atoms with E-state index in [1.165, 1.54) is 58.1 Å². The van der Waals surface area contributed by atoms with Crippen molar-refractivity contribution in [2.45, 2.75) is 91.1 Å². The van der Waals surface area contributed by atoms with Gasteiger partial charge in [0.1, 0.15) is 5.82 Å². The van der Waals surface area contributed by atoms with Crippen molar-refractivity contribution in [1.82, 2.24) is 20.1 Å². The molecule has 0 radical (unpaired) electrons. The lowest BCUT2D eigenvalue weighted by Crippen LogP contribution is -2.39. The van der Waals surface area contributed by atoms with Gasteiger partial charge in [0.05, 0.1) is 23.5 Å². The SMILES string of the molecule is C=C(CC)NCCC1CCN(C2CCc3c(C)c(F)cc4nc5c(c2c34)CN2C(=C)C3=C(C=C52)C(CC)C(=C)CC3)CC1. The van der Waals surface area contributed by atoms with E-state index in [2.05, 4.69) is 54.8 Å². The number of hydrogen-bond donors (Lipinski definition) is 1. The maximum Gasteiger partial charge on any atom is 0.128 e. The van der Waals surface area contributed by atoms with Crippen LogP contribution in [-0.2, 0) is 13.0 Å².